The molecule has 0 fully saturated rings. The Morgan fingerprint density at radius 2 is 1.88 bits per heavy atom. The fourth-order valence-corrected chi connectivity index (χ4v) is 2.49. The number of hydrogen-bond acceptors (Lipinski definition) is 4. The second kappa shape index (κ2) is 9.20. The molecule has 0 aliphatic rings. The molecule has 0 aliphatic heterocycles. The summed E-state index contributed by atoms with van der Waals surface area (Å²) in [6, 6.07) is 11.1. The van der Waals surface area contributed by atoms with Gasteiger partial charge in [0.05, 0.1) is 19.8 Å². The normalized spacial score (nSPS) is 11.9. The first-order valence-electron chi connectivity index (χ1n) is 8.51. The Balaban J connectivity index is 2.00. The number of hydrogen-bond donors (Lipinski definition) is 1. The summed E-state index contributed by atoms with van der Waals surface area (Å²) in [4.78, 5) is 14.3. The molecule has 0 unspecified atom stereocenters. The molecular formula is C20H25FN2O3. The molecule has 2 rings (SSSR count). The molecule has 0 saturated carbocycles. The van der Waals surface area contributed by atoms with Crippen LogP contribution < -0.4 is 14.8 Å². The van der Waals surface area contributed by atoms with E-state index in [0.717, 1.165) is 5.56 Å². The standard InChI is InChI=1S/C20H25FN2O3/c1-5-26-18-11-6-15(12-19(18)25-4)13-23(3)14(2)20(24)22-17-9-7-16(21)8-10-17/h6-12,14H,5,13H2,1-4H3,(H,22,24)/t14-/m1/s1. The smallest absolute Gasteiger partial charge is 0.241 e. The van der Waals surface area contributed by atoms with E-state index >= 15 is 0 Å². The number of amides is 1. The van der Waals surface area contributed by atoms with E-state index in [2.05, 4.69) is 5.32 Å². The first-order chi connectivity index (χ1) is 12.4. The molecule has 0 spiro atoms. The molecule has 0 radical (unpaired) electrons. The highest BCUT2D eigenvalue weighted by molar-refractivity contribution is 5.94. The monoisotopic (exact) mass is 360 g/mol. The van der Waals surface area contributed by atoms with Crippen LogP contribution in [0.1, 0.15) is 19.4 Å². The van der Waals surface area contributed by atoms with Crippen LogP contribution in [0.15, 0.2) is 42.5 Å². The lowest BCUT2D eigenvalue weighted by molar-refractivity contribution is -0.120. The van der Waals surface area contributed by atoms with Crippen LogP contribution in [-0.4, -0.2) is 37.6 Å². The maximum atomic E-state index is 13.0. The lowest BCUT2D eigenvalue weighted by atomic mass is 10.1. The second-order valence-corrected chi connectivity index (χ2v) is 6.01. The van der Waals surface area contributed by atoms with Gasteiger partial charge in [-0.1, -0.05) is 6.07 Å². The average molecular weight is 360 g/mol. The highest BCUT2D eigenvalue weighted by Gasteiger charge is 2.19. The molecule has 1 N–H and O–H groups in total. The number of rotatable bonds is 8. The minimum atomic E-state index is -0.363. The van der Waals surface area contributed by atoms with Crippen LogP contribution >= 0.6 is 0 Å². The van der Waals surface area contributed by atoms with Crippen molar-refractivity contribution < 1.29 is 18.7 Å². The summed E-state index contributed by atoms with van der Waals surface area (Å²) in [6.07, 6.45) is 0. The summed E-state index contributed by atoms with van der Waals surface area (Å²) < 4.78 is 23.8. The van der Waals surface area contributed by atoms with Crippen LogP contribution in [0.3, 0.4) is 0 Å². The summed E-state index contributed by atoms with van der Waals surface area (Å²) in [5.41, 5.74) is 1.58. The van der Waals surface area contributed by atoms with E-state index in [0.29, 0.717) is 30.3 Å². The van der Waals surface area contributed by atoms with Crippen molar-refractivity contribution in [2.75, 3.05) is 26.1 Å². The molecule has 6 heteroatoms. The molecule has 0 saturated heterocycles. The molecule has 0 heterocycles. The number of methoxy groups -OCH3 is 1. The predicted octanol–water partition coefficient (Wildman–Crippen LogP) is 3.69. The van der Waals surface area contributed by atoms with Crippen molar-refractivity contribution in [3.8, 4) is 11.5 Å². The molecule has 1 amide bonds. The summed E-state index contributed by atoms with van der Waals surface area (Å²) in [5.74, 6) is 0.874. The predicted molar refractivity (Wildman–Crippen MR) is 100 cm³/mol. The molecule has 140 valence electrons. The van der Waals surface area contributed by atoms with Crippen molar-refractivity contribution in [1.82, 2.24) is 4.90 Å². The third kappa shape index (κ3) is 5.20. The number of likely N-dealkylation sites (N-methyl/N-ethyl adjacent to an activating group) is 1. The zero-order valence-corrected chi connectivity index (χ0v) is 15.6. The maximum Gasteiger partial charge on any atom is 0.241 e. The highest BCUT2D eigenvalue weighted by atomic mass is 19.1. The van der Waals surface area contributed by atoms with E-state index in [1.165, 1.54) is 24.3 Å². The molecule has 5 nitrogen and oxygen atoms in total. The second-order valence-electron chi connectivity index (χ2n) is 6.01. The minimum absolute atomic E-state index is 0.156. The molecule has 0 bridgehead atoms. The Morgan fingerprint density at radius 1 is 1.19 bits per heavy atom. The van der Waals surface area contributed by atoms with Crippen LogP contribution in [0.25, 0.3) is 0 Å². The average Bonchev–Trinajstić information content (AvgIpc) is 2.64. The number of carbonyl (C=O) groups excluding carboxylic acids is 1. The lowest BCUT2D eigenvalue weighted by Crippen LogP contribution is -2.39. The largest absolute Gasteiger partial charge is 0.493 e. The minimum Gasteiger partial charge on any atom is -0.493 e. The first kappa shape index (κ1) is 19.7. The van der Waals surface area contributed by atoms with Gasteiger partial charge >= 0.3 is 0 Å². The zero-order valence-electron chi connectivity index (χ0n) is 15.6. The molecule has 26 heavy (non-hydrogen) atoms. The molecule has 1 atom stereocenters. The summed E-state index contributed by atoms with van der Waals surface area (Å²) >= 11 is 0. The summed E-state index contributed by atoms with van der Waals surface area (Å²) in [7, 11) is 3.47. The first-order valence-corrected chi connectivity index (χ1v) is 8.51. The van der Waals surface area contributed by atoms with Crippen molar-refractivity contribution in [3.05, 3.63) is 53.8 Å². The number of carbonyl (C=O) groups is 1. The van der Waals surface area contributed by atoms with Crippen molar-refractivity contribution in [3.63, 3.8) is 0 Å². The zero-order chi connectivity index (χ0) is 19.1. The van der Waals surface area contributed by atoms with Gasteiger partial charge < -0.3 is 14.8 Å². The van der Waals surface area contributed by atoms with E-state index in [-0.39, 0.29) is 17.8 Å². The number of halogens is 1. The van der Waals surface area contributed by atoms with Crippen molar-refractivity contribution >= 4 is 11.6 Å². The van der Waals surface area contributed by atoms with Gasteiger partial charge in [0.2, 0.25) is 5.91 Å². The fraction of sp³-hybridized carbons (Fsp3) is 0.350. The summed E-state index contributed by atoms with van der Waals surface area (Å²) in [5, 5.41) is 2.79. The number of benzene rings is 2. The molecule has 0 aromatic heterocycles. The molecule has 0 aliphatic carbocycles. The number of nitrogens with one attached hydrogen (secondary N) is 1. The van der Waals surface area contributed by atoms with Crippen molar-refractivity contribution in [2.24, 2.45) is 0 Å². The fourth-order valence-electron chi connectivity index (χ4n) is 2.49. The van der Waals surface area contributed by atoms with Gasteiger partial charge in [0, 0.05) is 12.2 Å². The van der Waals surface area contributed by atoms with Crippen molar-refractivity contribution in [1.29, 1.82) is 0 Å². The number of nitrogens with zero attached hydrogens (tertiary/aromatic N) is 1. The van der Waals surface area contributed by atoms with Gasteiger partial charge in [-0.3, -0.25) is 9.69 Å². The molecule has 2 aromatic rings. The Bertz CT molecular complexity index is 734. The topological polar surface area (TPSA) is 50.8 Å². The van der Waals surface area contributed by atoms with Gasteiger partial charge in [-0.2, -0.15) is 0 Å². The SMILES string of the molecule is CCOc1ccc(CN(C)[C@H](C)C(=O)Nc2ccc(F)cc2)cc1OC. The van der Waals surface area contributed by atoms with E-state index in [4.69, 9.17) is 9.47 Å². The van der Waals surface area contributed by atoms with E-state index in [1.807, 2.05) is 44.0 Å². The van der Waals surface area contributed by atoms with Gasteiger partial charge in [-0.15, -0.1) is 0 Å². The highest BCUT2D eigenvalue weighted by Crippen LogP contribution is 2.28. The molecule has 2 aromatic carbocycles. The van der Waals surface area contributed by atoms with Gasteiger partial charge in [-0.05, 0) is 62.9 Å². The lowest BCUT2D eigenvalue weighted by Gasteiger charge is -2.24. The van der Waals surface area contributed by atoms with Crippen molar-refractivity contribution in [2.45, 2.75) is 26.4 Å². The van der Waals surface area contributed by atoms with Crippen LogP contribution in [0.4, 0.5) is 10.1 Å². The third-order valence-corrected chi connectivity index (χ3v) is 4.11. The maximum absolute atomic E-state index is 13.0. The van der Waals surface area contributed by atoms with Gasteiger partial charge in [0.15, 0.2) is 11.5 Å². The van der Waals surface area contributed by atoms with Crippen LogP contribution in [0.5, 0.6) is 11.5 Å². The number of anilines is 1. The van der Waals surface area contributed by atoms with Crippen LogP contribution in [-0.2, 0) is 11.3 Å². The Hall–Kier alpha value is -2.60. The summed E-state index contributed by atoms with van der Waals surface area (Å²) in [6.45, 7) is 4.88. The van der Waals surface area contributed by atoms with E-state index in [9.17, 15) is 9.18 Å². The van der Waals surface area contributed by atoms with Gasteiger partial charge in [0.25, 0.3) is 0 Å². The van der Waals surface area contributed by atoms with E-state index < -0.39 is 0 Å². The van der Waals surface area contributed by atoms with Crippen LogP contribution in [0, 0.1) is 5.82 Å². The Kier molecular flexibility index (Phi) is 6.97. The third-order valence-electron chi connectivity index (χ3n) is 4.11. The van der Waals surface area contributed by atoms with Crippen LogP contribution in [0.2, 0.25) is 0 Å². The van der Waals surface area contributed by atoms with Gasteiger partial charge in [0.1, 0.15) is 5.82 Å². The van der Waals surface area contributed by atoms with E-state index in [1.54, 1.807) is 7.11 Å². The number of ether oxygens (including phenoxy) is 2. The quantitative estimate of drug-likeness (QED) is 0.780. The Labute approximate surface area is 153 Å². The molecular weight excluding hydrogens is 335 g/mol. The van der Waals surface area contributed by atoms with Gasteiger partial charge in [-0.25, -0.2) is 4.39 Å². The Morgan fingerprint density at radius 3 is 2.50 bits per heavy atom.